The highest BCUT2D eigenvalue weighted by molar-refractivity contribution is 7.92. The summed E-state index contributed by atoms with van der Waals surface area (Å²) in [4.78, 5) is 0.212. The van der Waals surface area contributed by atoms with Gasteiger partial charge in [-0.1, -0.05) is 59.1 Å². The third-order valence-corrected chi connectivity index (χ3v) is 8.79. The van der Waals surface area contributed by atoms with Gasteiger partial charge in [-0.3, -0.25) is 4.72 Å². The van der Waals surface area contributed by atoms with Gasteiger partial charge in [-0.05, 0) is 78.4 Å². The third-order valence-electron chi connectivity index (χ3n) is 6.45. The molecular formula is C25H21Cl3N2O2S. The summed E-state index contributed by atoms with van der Waals surface area (Å²) in [6, 6.07) is 15.9. The average Bonchev–Trinajstić information content (AvgIpc) is 3.26. The van der Waals surface area contributed by atoms with Crippen LogP contribution >= 0.6 is 34.8 Å². The number of hydrogen-bond donors (Lipinski definition) is 2. The molecule has 170 valence electrons. The fraction of sp³-hybridized carbons (Fsp3) is 0.200. The Morgan fingerprint density at radius 3 is 2.58 bits per heavy atom. The highest BCUT2D eigenvalue weighted by atomic mass is 35.5. The van der Waals surface area contributed by atoms with E-state index < -0.39 is 10.0 Å². The van der Waals surface area contributed by atoms with Crippen molar-refractivity contribution in [2.75, 3.05) is 10.0 Å². The zero-order valence-electron chi connectivity index (χ0n) is 17.6. The summed E-state index contributed by atoms with van der Waals surface area (Å²) in [7, 11) is -3.79. The summed E-state index contributed by atoms with van der Waals surface area (Å²) in [6.45, 7) is 1.78. The van der Waals surface area contributed by atoms with Gasteiger partial charge in [0.05, 0.1) is 16.6 Å². The van der Waals surface area contributed by atoms with Gasteiger partial charge in [0, 0.05) is 26.7 Å². The minimum absolute atomic E-state index is 0.00282. The van der Waals surface area contributed by atoms with E-state index in [1.807, 2.05) is 18.2 Å². The summed E-state index contributed by atoms with van der Waals surface area (Å²) in [5.74, 6) is 0.304. The molecule has 2 N–H and O–H groups in total. The van der Waals surface area contributed by atoms with Crippen LogP contribution in [-0.2, 0) is 10.0 Å². The molecule has 1 aliphatic carbocycles. The van der Waals surface area contributed by atoms with Crippen molar-refractivity contribution in [1.29, 1.82) is 0 Å². The second-order valence-electron chi connectivity index (χ2n) is 8.41. The van der Waals surface area contributed by atoms with Crippen molar-refractivity contribution in [3.05, 3.63) is 98.5 Å². The van der Waals surface area contributed by atoms with Gasteiger partial charge < -0.3 is 5.32 Å². The number of hydrogen-bond acceptors (Lipinski definition) is 3. The highest BCUT2D eigenvalue weighted by Gasteiger charge is 2.39. The smallest absolute Gasteiger partial charge is 0.261 e. The number of rotatable bonds is 4. The molecule has 1 heterocycles. The fourth-order valence-corrected chi connectivity index (χ4v) is 6.58. The van der Waals surface area contributed by atoms with Gasteiger partial charge in [0.1, 0.15) is 0 Å². The predicted octanol–water partition coefficient (Wildman–Crippen LogP) is 7.58. The van der Waals surface area contributed by atoms with Crippen LogP contribution in [0.15, 0.2) is 71.6 Å². The molecule has 0 amide bonds. The van der Waals surface area contributed by atoms with Crippen molar-refractivity contribution in [3.8, 4) is 0 Å². The Morgan fingerprint density at radius 1 is 0.970 bits per heavy atom. The highest BCUT2D eigenvalue weighted by Crippen LogP contribution is 2.51. The molecule has 3 atom stereocenters. The van der Waals surface area contributed by atoms with Crippen LogP contribution in [0.25, 0.3) is 0 Å². The first-order valence-corrected chi connectivity index (χ1v) is 13.2. The van der Waals surface area contributed by atoms with E-state index in [2.05, 4.69) is 22.2 Å². The molecular weight excluding hydrogens is 499 g/mol. The summed E-state index contributed by atoms with van der Waals surface area (Å²) < 4.78 is 29.0. The van der Waals surface area contributed by atoms with E-state index in [-0.39, 0.29) is 22.8 Å². The molecule has 0 unspecified atom stereocenters. The second-order valence-corrected chi connectivity index (χ2v) is 11.3. The number of sulfonamides is 1. The number of halogens is 3. The van der Waals surface area contributed by atoms with E-state index in [1.165, 1.54) is 0 Å². The Bertz CT molecular complexity index is 1390. The molecule has 0 saturated heterocycles. The van der Waals surface area contributed by atoms with Crippen LogP contribution in [0, 0.1) is 12.8 Å². The summed E-state index contributed by atoms with van der Waals surface area (Å²) in [5.41, 5.74) is 4.00. The first kappa shape index (κ1) is 22.6. The molecule has 0 bridgehead atoms. The zero-order valence-corrected chi connectivity index (χ0v) is 20.7. The molecule has 0 spiro atoms. The molecule has 0 fully saturated rings. The first-order valence-electron chi connectivity index (χ1n) is 10.5. The van der Waals surface area contributed by atoms with Crippen molar-refractivity contribution >= 4 is 56.2 Å². The van der Waals surface area contributed by atoms with Crippen LogP contribution in [0.2, 0.25) is 15.1 Å². The molecule has 0 saturated carbocycles. The standard InChI is InChI=1S/C25H21Cl3N2O2S/c1-14-21(27)6-3-7-23(14)30-33(31,32)16-9-11-24-20(13-16)17-4-2-5-18(17)25(29-24)19-10-8-15(26)12-22(19)28/h2-4,6-13,17-18,25,29-30H,5H2,1H3/t17-,18+,25-/m0/s1. The van der Waals surface area contributed by atoms with Crippen LogP contribution in [0.4, 0.5) is 11.4 Å². The quantitative estimate of drug-likeness (QED) is 0.349. The number of allylic oxidation sites excluding steroid dienone is 2. The number of nitrogens with one attached hydrogen (secondary N) is 2. The summed E-state index contributed by atoms with van der Waals surface area (Å²) in [5, 5.41) is 5.32. The maximum atomic E-state index is 13.2. The molecule has 3 aromatic rings. The summed E-state index contributed by atoms with van der Waals surface area (Å²) in [6.07, 6.45) is 5.18. The zero-order chi connectivity index (χ0) is 23.3. The van der Waals surface area contributed by atoms with Crippen LogP contribution in [0.5, 0.6) is 0 Å². The van der Waals surface area contributed by atoms with Crippen molar-refractivity contribution in [2.24, 2.45) is 5.92 Å². The van der Waals surface area contributed by atoms with Gasteiger partial charge >= 0.3 is 0 Å². The Hall–Kier alpha value is -2.18. The topological polar surface area (TPSA) is 58.2 Å². The normalized spacial score (nSPS) is 21.3. The Labute approximate surface area is 208 Å². The van der Waals surface area contributed by atoms with Crippen LogP contribution in [0.3, 0.4) is 0 Å². The average molecular weight is 520 g/mol. The van der Waals surface area contributed by atoms with Gasteiger partial charge in [0.2, 0.25) is 0 Å². The molecule has 3 aromatic carbocycles. The van der Waals surface area contributed by atoms with E-state index in [0.717, 1.165) is 23.2 Å². The first-order chi connectivity index (χ1) is 15.7. The third kappa shape index (κ3) is 4.12. The van der Waals surface area contributed by atoms with Gasteiger partial charge in [-0.15, -0.1) is 0 Å². The van der Waals surface area contributed by atoms with Crippen molar-refractivity contribution in [3.63, 3.8) is 0 Å². The molecule has 4 nitrogen and oxygen atoms in total. The van der Waals surface area contributed by atoms with E-state index in [4.69, 9.17) is 34.8 Å². The van der Waals surface area contributed by atoms with E-state index in [9.17, 15) is 8.42 Å². The Kier molecular flexibility index (Phi) is 5.86. The molecule has 8 heteroatoms. The molecule has 0 radical (unpaired) electrons. The second kappa shape index (κ2) is 8.55. The largest absolute Gasteiger partial charge is 0.378 e. The van der Waals surface area contributed by atoms with Crippen molar-refractivity contribution in [2.45, 2.75) is 30.2 Å². The van der Waals surface area contributed by atoms with Crippen LogP contribution in [0.1, 0.15) is 35.1 Å². The molecule has 5 rings (SSSR count). The van der Waals surface area contributed by atoms with Crippen molar-refractivity contribution in [1.82, 2.24) is 0 Å². The number of fused-ring (bicyclic) bond motifs is 3. The summed E-state index contributed by atoms with van der Waals surface area (Å²) >= 11 is 18.8. The maximum absolute atomic E-state index is 13.2. The minimum Gasteiger partial charge on any atom is -0.378 e. The monoisotopic (exact) mass is 518 g/mol. The number of anilines is 2. The van der Waals surface area contributed by atoms with Crippen molar-refractivity contribution < 1.29 is 8.42 Å². The Morgan fingerprint density at radius 2 is 1.79 bits per heavy atom. The SMILES string of the molecule is Cc1c(Cl)cccc1NS(=O)(=O)c1ccc2c(c1)[C@H]1C=CC[C@H]1[C@@H](c1ccc(Cl)cc1Cl)N2. The van der Waals surface area contributed by atoms with Gasteiger partial charge in [-0.25, -0.2) is 8.42 Å². The van der Waals surface area contributed by atoms with E-state index in [0.29, 0.717) is 26.3 Å². The lowest BCUT2D eigenvalue weighted by Crippen LogP contribution is -2.29. The van der Waals surface area contributed by atoms with Gasteiger partial charge in [0.25, 0.3) is 10.0 Å². The molecule has 33 heavy (non-hydrogen) atoms. The Balaban J connectivity index is 1.51. The molecule has 0 aromatic heterocycles. The lowest BCUT2D eigenvalue weighted by Gasteiger charge is -2.38. The fourth-order valence-electron chi connectivity index (χ4n) is 4.72. The minimum atomic E-state index is -3.79. The van der Waals surface area contributed by atoms with Gasteiger partial charge in [0.15, 0.2) is 0 Å². The lowest BCUT2D eigenvalue weighted by molar-refractivity contribution is 0.425. The molecule has 1 aliphatic heterocycles. The van der Waals surface area contributed by atoms with Gasteiger partial charge in [-0.2, -0.15) is 0 Å². The lowest BCUT2D eigenvalue weighted by atomic mass is 9.77. The van der Waals surface area contributed by atoms with Crippen LogP contribution in [-0.4, -0.2) is 8.42 Å². The van der Waals surface area contributed by atoms with E-state index in [1.54, 1.807) is 43.3 Å². The van der Waals surface area contributed by atoms with Crippen LogP contribution < -0.4 is 10.0 Å². The maximum Gasteiger partial charge on any atom is 0.261 e. The molecule has 2 aliphatic rings. The van der Waals surface area contributed by atoms with E-state index >= 15 is 0 Å². The predicted molar refractivity (Wildman–Crippen MR) is 136 cm³/mol. The number of benzene rings is 3.